The van der Waals surface area contributed by atoms with Crippen LogP contribution < -0.4 is 38.7 Å². The van der Waals surface area contributed by atoms with Gasteiger partial charge in [0, 0.05) is 81.0 Å². The molecule has 4 heterocycles. The van der Waals surface area contributed by atoms with Crippen LogP contribution in [0.1, 0.15) is 33.6 Å². The van der Waals surface area contributed by atoms with Crippen molar-refractivity contribution in [3.63, 3.8) is 0 Å². The number of likely N-dealkylation sites (N-methyl/N-ethyl adjacent to an activating group) is 2. The number of aromatic amines is 2. The fourth-order valence-corrected chi connectivity index (χ4v) is 8.98. The number of aromatic nitrogens is 4. The first-order valence-electron chi connectivity index (χ1n) is 20.2. The fourth-order valence-electron chi connectivity index (χ4n) is 6.98. The molecule has 0 radical (unpaired) electrons. The van der Waals surface area contributed by atoms with Crippen molar-refractivity contribution in [2.45, 2.75) is 39.9 Å². The predicted octanol–water partition coefficient (Wildman–Crippen LogP) is 8.38. The van der Waals surface area contributed by atoms with E-state index in [2.05, 4.69) is 52.5 Å². The molecular formula is C46H42Br2Cl4N8O6+2. The average Bonchev–Trinajstić information content (AvgIpc) is 3.76. The zero-order valence-electron chi connectivity index (χ0n) is 35.8. The third-order valence-electron chi connectivity index (χ3n) is 10.7. The summed E-state index contributed by atoms with van der Waals surface area (Å²) in [5.41, 5.74) is 6.46. The van der Waals surface area contributed by atoms with Crippen LogP contribution in [0.25, 0.3) is 11.3 Å². The number of carbonyl (C=O) groups excluding carboxylic acids is 4. The lowest BCUT2D eigenvalue weighted by Gasteiger charge is -2.21. The molecule has 0 saturated heterocycles. The Balaban J connectivity index is 0.863. The summed E-state index contributed by atoms with van der Waals surface area (Å²) in [4.78, 5) is 61.4. The van der Waals surface area contributed by atoms with Crippen molar-refractivity contribution in [3.8, 4) is 11.5 Å². The van der Waals surface area contributed by atoms with E-state index in [0.717, 1.165) is 31.9 Å². The summed E-state index contributed by atoms with van der Waals surface area (Å²) in [6, 6.07) is 20.8. The molecule has 0 spiro atoms. The lowest BCUT2D eigenvalue weighted by molar-refractivity contribution is -0.523. The van der Waals surface area contributed by atoms with Crippen LogP contribution in [0.5, 0.6) is 11.5 Å². The number of hydrogen-bond donors (Lipinski definition) is 4. The van der Waals surface area contributed by atoms with Crippen LogP contribution in [0.3, 0.4) is 0 Å². The zero-order chi connectivity index (χ0) is 47.4. The molecule has 4 aromatic heterocycles. The maximum atomic E-state index is 13.2. The number of rotatable bonds is 16. The van der Waals surface area contributed by atoms with Gasteiger partial charge < -0.3 is 29.9 Å². The third-order valence-corrected chi connectivity index (χ3v) is 14.2. The Morgan fingerprint density at radius 2 is 0.985 bits per heavy atom. The molecule has 0 saturated carbocycles. The molecule has 7 rings (SSSR count). The number of fused-ring (bicyclic) bond motifs is 2. The molecule has 342 valence electrons. The van der Waals surface area contributed by atoms with Gasteiger partial charge in [-0.15, -0.1) is 0 Å². The highest BCUT2D eigenvalue weighted by Gasteiger charge is 2.24. The number of aryl methyl sites for hydroxylation is 2. The van der Waals surface area contributed by atoms with Gasteiger partial charge in [-0.2, -0.15) is 8.80 Å². The second-order valence-corrected chi connectivity index (χ2v) is 18.3. The second kappa shape index (κ2) is 21.1. The van der Waals surface area contributed by atoms with Gasteiger partial charge in [-0.05, 0) is 59.7 Å². The number of nitrogens with zero attached hydrogens (tertiary/aromatic N) is 4. The molecule has 14 nitrogen and oxygen atoms in total. The SMILES string of the molecule is Cc1[nH]c2c(OCc3c(Cl)ccc(N(C)C(=O)CNC(=O)Cc4ccc(CC(=O)NCC(=O)N(C)c5ccc(Cl)c(COc6ccc[n+]7c(Br)c(C)[nH]c67)c5Cl)cc4)c3Cl)ccc[n+]2c1Br. The maximum Gasteiger partial charge on any atom is 0.328 e. The van der Waals surface area contributed by atoms with E-state index in [1.54, 1.807) is 62.6 Å². The smallest absolute Gasteiger partial charge is 0.328 e. The average molecular weight is 1100 g/mol. The van der Waals surface area contributed by atoms with Gasteiger partial charge in [0.25, 0.3) is 0 Å². The number of hydrogen-bond acceptors (Lipinski definition) is 6. The molecule has 0 fully saturated rings. The van der Waals surface area contributed by atoms with Crippen molar-refractivity contribution in [2.24, 2.45) is 0 Å². The van der Waals surface area contributed by atoms with Crippen molar-refractivity contribution in [1.82, 2.24) is 20.6 Å². The number of pyridine rings is 2. The highest BCUT2D eigenvalue weighted by molar-refractivity contribution is 9.10. The van der Waals surface area contributed by atoms with E-state index in [1.165, 1.54) is 9.80 Å². The van der Waals surface area contributed by atoms with Crippen LogP contribution >= 0.6 is 78.3 Å². The Kier molecular flexibility index (Phi) is 15.5. The van der Waals surface area contributed by atoms with Gasteiger partial charge in [0.05, 0.1) is 59.7 Å². The molecule has 3 aromatic carbocycles. The highest BCUT2D eigenvalue weighted by atomic mass is 79.9. The number of H-pyrrole nitrogens is 2. The molecule has 0 aliphatic heterocycles. The van der Waals surface area contributed by atoms with E-state index in [4.69, 9.17) is 55.9 Å². The normalized spacial score (nSPS) is 11.2. The van der Waals surface area contributed by atoms with E-state index in [0.29, 0.717) is 55.2 Å². The number of imidazole rings is 2. The topological polar surface area (TPSA) is 157 Å². The van der Waals surface area contributed by atoms with E-state index in [-0.39, 0.29) is 61.0 Å². The minimum Gasteiger partial charge on any atom is -0.481 e. The Morgan fingerprint density at radius 1 is 0.606 bits per heavy atom. The van der Waals surface area contributed by atoms with Gasteiger partial charge in [0.1, 0.15) is 13.2 Å². The van der Waals surface area contributed by atoms with Gasteiger partial charge >= 0.3 is 11.3 Å². The Bertz CT molecular complexity index is 2820. The first-order chi connectivity index (χ1) is 31.5. The fraction of sp³-hybridized carbons (Fsp3) is 0.217. The van der Waals surface area contributed by atoms with Crippen molar-refractivity contribution in [1.29, 1.82) is 0 Å². The summed E-state index contributed by atoms with van der Waals surface area (Å²) in [5, 5.41) is 6.55. The molecule has 66 heavy (non-hydrogen) atoms. The van der Waals surface area contributed by atoms with E-state index < -0.39 is 11.8 Å². The van der Waals surface area contributed by atoms with Crippen LogP contribution in [0.15, 0.2) is 94.4 Å². The Hall–Kier alpha value is -5.36. The molecule has 20 heteroatoms. The quantitative estimate of drug-likeness (QED) is 0.0713. The van der Waals surface area contributed by atoms with Crippen molar-refractivity contribution in [2.75, 3.05) is 37.0 Å². The molecule has 0 bridgehead atoms. The number of nitrogens with one attached hydrogen (secondary N) is 4. The molecule has 4 amide bonds. The van der Waals surface area contributed by atoms with E-state index in [1.807, 2.05) is 59.3 Å². The Labute approximate surface area is 416 Å². The summed E-state index contributed by atoms with van der Waals surface area (Å²) in [6.45, 7) is 3.37. The first-order valence-corrected chi connectivity index (χ1v) is 23.3. The molecule has 0 unspecified atom stereocenters. The number of anilines is 2. The lowest BCUT2D eigenvalue weighted by atomic mass is 10.1. The van der Waals surface area contributed by atoms with E-state index in [9.17, 15) is 19.2 Å². The number of carbonyl (C=O) groups is 4. The zero-order valence-corrected chi connectivity index (χ0v) is 42.0. The predicted molar refractivity (Wildman–Crippen MR) is 261 cm³/mol. The van der Waals surface area contributed by atoms with Gasteiger partial charge in [-0.25, -0.2) is 9.97 Å². The van der Waals surface area contributed by atoms with Gasteiger partial charge in [-0.1, -0.05) is 70.7 Å². The summed E-state index contributed by atoms with van der Waals surface area (Å²) in [5.74, 6) is -0.416. The molecule has 0 aliphatic rings. The van der Waals surface area contributed by atoms with Crippen LogP contribution in [0.2, 0.25) is 20.1 Å². The monoisotopic (exact) mass is 1100 g/mol. The van der Waals surface area contributed by atoms with Crippen LogP contribution in [0, 0.1) is 13.8 Å². The third kappa shape index (κ3) is 10.7. The minimum absolute atomic E-state index is 0.00377. The Morgan fingerprint density at radius 3 is 1.36 bits per heavy atom. The maximum absolute atomic E-state index is 13.2. The van der Waals surface area contributed by atoms with Gasteiger partial charge in [0.2, 0.25) is 44.3 Å². The largest absolute Gasteiger partial charge is 0.481 e. The number of benzene rings is 3. The summed E-state index contributed by atoms with van der Waals surface area (Å²) >= 11 is 33.7. The summed E-state index contributed by atoms with van der Waals surface area (Å²) < 4.78 is 17.8. The van der Waals surface area contributed by atoms with Crippen LogP contribution in [-0.2, 0) is 45.2 Å². The van der Waals surface area contributed by atoms with Gasteiger partial charge in [0.15, 0.2) is 11.4 Å². The molecule has 0 atom stereocenters. The number of amides is 4. The van der Waals surface area contributed by atoms with Crippen LogP contribution in [0.4, 0.5) is 11.4 Å². The number of ether oxygens (including phenoxy) is 2. The van der Waals surface area contributed by atoms with E-state index >= 15 is 0 Å². The molecule has 0 aliphatic carbocycles. The van der Waals surface area contributed by atoms with Crippen molar-refractivity contribution < 1.29 is 37.5 Å². The summed E-state index contributed by atoms with van der Waals surface area (Å²) in [6.07, 6.45) is 3.78. The summed E-state index contributed by atoms with van der Waals surface area (Å²) in [7, 11) is 3.12. The molecular weight excluding hydrogens is 1060 g/mol. The van der Waals surface area contributed by atoms with Crippen LogP contribution in [-0.4, -0.2) is 60.8 Å². The minimum atomic E-state index is -0.408. The van der Waals surface area contributed by atoms with Crippen molar-refractivity contribution in [3.05, 3.63) is 148 Å². The molecule has 7 aromatic rings. The standard InChI is InChI=1S/C46H40Br2Cl4N8O6/c1-25-43(47)59-17-5-7-35(45(59)55-25)65-23-29-31(49)13-15-33(41(29)51)57(3)39(63)21-53-37(61)19-27-9-11-28(12-10-27)20-38(62)54-22-40(64)58(4)34-16-14-32(50)30(42(34)52)24-66-36-8-6-18-60-44(48)26(2)56-46(36)60/h5-18H,19-24H2,1-4H3,(H2,53,54,61,62)/p+2. The number of halogens is 6. The highest BCUT2D eigenvalue weighted by Crippen LogP contribution is 2.36. The van der Waals surface area contributed by atoms with Gasteiger partial charge in [-0.3, -0.25) is 19.2 Å². The first kappa shape index (κ1) is 48.6. The second-order valence-electron chi connectivity index (χ2n) is 15.2. The molecule has 4 N–H and O–H groups in total. The lowest BCUT2D eigenvalue weighted by Crippen LogP contribution is -2.39. The van der Waals surface area contributed by atoms with Crippen molar-refractivity contribution >= 4 is 125 Å².